The summed E-state index contributed by atoms with van der Waals surface area (Å²) in [5.74, 6) is 0.202. The van der Waals surface area contributed by atoms with E-state index in [-0.39, 0.29) is 6.03 Å². The third-order valence-corrected chi connectivity index (χ3v) is 5.52. The average molecular weight is 296 g/mol. The summed E-state index contributed by atoms with van der Waals surface area (Å²) in [5, 5.41) is 15.1. The van der Waals surface area contributed by atoms with Crippen molar-refractivity contribution in [3.63, 3.8) is 0 Å². The molecule has 0 aromatic carbocycles. The van der Waals surface area contributed by atoms with Crippen LogP contribution in [0.4, 0.5) is 4.79 Å². The van der Waals surface area contributed by atoms with Gasteiger partial charge in [0.2, 0.25) is 0 Å². The first kappa shape index (κ1) is 16.1. The van der Waals surface area contributed by atoms with Gasteiger partial charge in [-0.2, -0.15) is 0 Å². The maximum atomic E-state index is 12.0. The molecule has 2 fully saturated rings. The molecule has 0 saturated heterocycles. The van der Waals surface area contributed by atoms with Crippen molar-refractivity contribution in [2.24, 2.45) is 17.3 Å². The average Bonchev–Trinajstić information content (AvgIpc) is 3.04. The minimum atomic E-state index is -1.07. The van der Waals surface area contributed by atoms with Crippen LogP contribution < -0.4 is 10.6 Å². The zero-order valence-corrected chi connectivity index (χ0v) is 13.4. The first-order chi connectivity index (χ1) is 9.79. The molecule has 2 amide bonds. The molecule has 1 unspecified atom stereocenters. The van der Waals surface area contributed by atoms with Crippen LogP contribution in [0.3, 0.4) is 0 Å². The second-order valence-electron chi connectivity index (χ2n) is 7.46. The van der Waals surface area contributed by atoms with Gasteiger partial charge in [-0.3, -0.25) is 0 Å². The smallest absolute Gasteiger partial charge is 0.329 e. The van der Waals surface area contributed by atoms with Gasteiger partial charge in [0.15, 0.2) is 0 Å². The molecule has 0 spiro atoms. The van der Waals surface area contributed by atoms with Crippen molar-refractivity contribution in [3.8, 4) is 0 Å². The Bertz CT molecular complexity index is 412. The fraction of sp³-hybridized carbons (Fsp3) is 0.875. The molecule has 5 nitrogen and oxygen atoms in total. The Morgan fingerprint density at radius 2 is 1.81 bits per heavy atom. The third-order valence-electron chi connectivity index (χ3n) is 5.52. The second-order valence-corrected chi connectivity index (χ2v) is 7.46. The Kier molecular flexibility index (Phi) is 4.49. The van der Waals surface area contributed by atoms with Gasteiger partial charge in [0.25, 0.3) is 0 Å². The number of carbonyl (C=O) groups excluding carboxylic acids is 1. The van der Waals surface area contributed by atoms with E-state index in [1.165, 1.54) is 0 Å². The number of aliphatic carboxylic acids is 1. The molecule has 0 bridgehead atoms. The fourth-order valence-corrected chi connectivity index (χ4v) is 3.37. The Morgan fingerprint density at radius 3 is 2.24 bits per heavy atom. The van der Waals surface area contributed by atoms with Crippen LogP contribution in [0, 0.1) is 17.3 Å². The molecule has 21 heavy (non-hydrogen) atoms. The molecule has 5 heteroatoms. The van der Waals surface area contributed by atoms with Gasteiger partial charge >= 0.3 is 12.0 Å². The van der Waals surface area contributed by atoms with Gasteiger partial charge in [0, 0.05) is 6.54 Å². The van der Waals surface area contributed by atoms with Gasteiger partial charge in [-0.25, -0.2) is 9.59 Å². The van der Waals surface area contributed by atoms with Gasteiger partial charge in [-0.15, -0.1) is 0 Å². The number of rotatable bonds is 5. The summed E-state index contributed by atoms with van der Waals surface area (Å²) in [5.41, 5.74) is -0.758. The predicted octanol–water partition coefficient (Wildman–Crippen LogP) is 2.76. The Hall–Kier alpha value is -1.26. The molecule has 120 valence electrons. The SMILES string of the molecule is CCC1CCC(NC(=O)NCC2CC2(C)C)(C(=O)O)CC1. The number of nitrogens with one attached hydrogen (secondary N) is 2. The molecular weight excluding hydrogens is 268 g/mol. The van der Waals surface area contributed by atoms with E-state index >= 15 is 0 Å². The van der Waals surface area contributed by atoms with Crippen molar-refractivity contribution in [2.75, 3.05) is 6.54 Å². The van der Waals surface area contributed by atoms with Crippen LogP contribution in [0.2, 0.25) is 0 Å². The summed E-state index contributed by atoms with van der Waals surface area (Å²) in [7, 11) is 0. The maximum Gasteiger partial charge on any atom is 0.329 e. The zero-order chi connectivity index (χ0) is 15.7. The highest BCUT2D eigenvalue weighted by atomic mass is 16.4. The van der Waals surface area contributed by atoms with Crippen LogP contribution in [0.1, 0.15) is 59.3 Å². The molecular formula is C16H28N2O3. The maximum absolute atomic E-state index is 12.0. The summed E-state index contributed by atoms with van der Waals surface area (Å²) in [4.78, 5) is 23.6. The van der Waals surface area contributed by atoms with Crippen molar-refractivity contribution >= 4 is 12.0 Å². The topological polar surface area (TPSA) is 78.4 Å². The van der Waals surface area contributed by atoms with Crippen LogP contribution in [-0.2, 0) is 4.79 Å². The van der Waals surface area contributed by atoms with Gasteiger partial charge in [-0.1, -0.05) is 27.2 Å². The summed E-state index contributed by atoms with van der Waals surface area (Å²) in [6, 6.07) is -0.338. The lowest BCUT2D eigenvalue weighted by Gasteiger charge is -2.37. The molecule has 2 saturated carbocycles. The Morgan fingerprint density at radius 1 is 1.24 bits per heavy atom. The predicted molar refractivity (Wildman–Crippen MR) is 81.0 cm³/mol. The van der Waals surface area contributed by atoms with Gasteiger partial charge < -0.3 is 15.7 Å². The van der Waals surface area contributed by atoms with E-state index in [2.05, 4.69) is 31.4 Å². The second kappa shape index (κ2) is 5.85. The molecule has 0 aromatic rings. The van der Waals surface area contributed by atoms with Crippen molar-refractivity contribution in [1.29, 1.82) is 0 Å². The monoisotopic (exact) mass is 296 g/mol. The van der Waals surface area contributed by atoms with Crippen LogP contribution in [0.15, 0.2) is 0 Å². The highest BCUT2D eigenvalue weighted by Crippen LogP contribution is 2.50. The van der Waals surface area contributed by atoms with Gasteiger partial charge in [-0.05, 0) is 49.4 Å². The van der Waals surface area contributed by atoms with E-state index in [1.54, 1.807) is 0 Å². The van der Waals surface area contributed by atoms with Crippen molar-refractivity contribution in [3.05, 3.63) is 0 Å². The van der Waals surface area contributed by atoms with E-state index in [1.807, 2.05) is 0 Å². The fourth-order valence-electron chi connectivity index (χ4n) is 3.37. The molecule has 1 atom stereocenters. The molecule has 2 aliphatic carbocycles. The summed E-state index contributed by atoms with van der Waals surface area (Å²) < 4.78 is 0. The number of urea groups is 1. The van der Waals surface area contributed by atoms with E-state index in [0.29, 0.717) is 36.6 Å². The normalized spacial score (nSPS) is 34.0. The van der Waals surface area contributed by atoms with Gasteiger partial charge in [0.05, 0.1) is 0 Å². The molecule has 2 rings (SSSR count). The van der Waals surface area contributed by atoms with Crippen LogP contribution >= 0.6 is 0 Å². The number of amides is 2. The molecule has 0 heterocycles. The molecule has 0 aromatic heterocycles. The Labute approximate surface area is 126 Å². The lowest BCUT2D eigenvalue weighted by atomic mass is 9.75. The summed E-state index contributed by atoms with van der Waals surface area (Å²) in [6.07, 6.45) is 5.01. The van der Waals surface area contributed by atoms with E-state index < -0.39 is 11.5 Å². The lowest BCUT2D eigenvalue weighted by Crippen LogP contribution is -2.58. The van der Waals surface area contributed by atoms with Crippen LogP contribution in [-0.4, -0.2) is 29.2 Å². The lowest BCUT2D eigenvalue weighted by molar-refractivity contribution is -0.146. The number of hydrogen-bond donors (Lipinski definition) is 3. The number of carboxylic acids is 1. The van der Waals surface area contributed by atoms with Crippen LogP contribution in [0.25, 0.3) is 0 Å². The standard InChI is InChI=1S/C16H28N2O3/c1-4-11-5-7-16(8-6-11,13(19)20)18-14(21)17-10-12-9-15(12,2)3/h11-12H,4-10H2,1-3H3,(H,19,20)(H2,17,18,21). The van der Waals surface area contributed by atoms with Crippen LogP contribution in [0.5, 0.6) is 0 Å². The zero-order valence-electron chi connectivity index (χ0n) is 13.4. The van der Waals surface area contributed by atoms with E-state index in [9.17, 15) is 14.7 Å². The molecule has 0 aliphatic heterocycles. The van der Waals surface area contributed by atoms with E-state index in [4.69, 9.17) is 0 Å². The van der Waals surface area contributed by atoms with Gasteiger partial charge in [0.1, 0.15) is 5.54 Å². The highest BCUT2D eigenvalue weighted by Gasteiger charge is 2.46. The molecule has 2 aliphatic rings. The largest absolute Gasteiger partial charge is 0.480 e. The number of carboxylic acid groups (broad SMARTS) is 1. The van der Waals surface area contributed by atoms with E-state index in [0.717, 1.165) is 25.7 Å². The first-order valence-corrected chi connectivity index (χ1v) is 8.08. The van der Waals surface area contributed by atoms with Crippen molar-refractivity contribution in [1.82, 2.24) is 10.6 Å². The minimum absolute atomic E-state index is 0.316. The summed E-state index contributed by atoms with van der Waals surface area (Å²) >= 11 is 0. The van der Waals surface area contributed by atoms with Crippen molar-refractivity contribution < 1.29 is 14.7 Å². The minimum Gasteiger partial charge on any atom is -0.480 e. The third kappa shape index (κ3) is 3.69. The Balaban J connectivity index is 1.85. The number of carbonyl (C=O) groups is 2. The summed E-state index contributed by atoms with van der Waals surface area (Å²) in [6.45, 7) is 7.13. The quantitative estimate of drug-likeness (QED) is 0.730. The molecule has 0 radical (unpaired) electrons. The molecule has 3 N–H and O–H groups in total. The van der Waals surface area contributed by atoms with Crippen molar-refractivity contribution in [2.45, 2.75) is 64.8 Å². The number of hydrogen-bond acceptors (Lipinski definition) is 2. The highest BCUT2D eigenvalue weighted by molar-refractivity contribution is 5.86. The first-order valence-electron chi connectivity index (χ1n) is 8.08.